The van der Waals surface area contributed by atoms with E-state index in [1.165, 1.54) is 4.90 Å². The van der Waals surface area contributed by atoms with Crippen molar-refractivity contribution in [1.29, 1.82) is 0 Å². The summed E-state index contributed by atoms with van der Waals surface area (Å²) in [6.07, 6.45) is -1.15. The van der Waals surface area contributed by atoms with E-state index in [0.29, 0.717) is 6.42 Å². The van der Waals surface area contributed by atoms with Gasteiger partial charge in [-0.05, 0) is 13.3 Å². The van der Waals surface area contributed by atoms with Gasteiger partial charge in [-0.1, -0.05) is 0 Å². The molecule has 1 heterocycles. The Balaban J connectivity index is 2.61. The number of nitrogens with zero attached hydrogens (tertiary/aromatic N) is 1. The van der Waals surface area contributed by atoms with E-state index in [4.69, 9.17) is 8.17 Å². The fourth-order valence-corrected chi connectivity index (χ4v) is 2.15. The van der Waals surface area contributed by atoms with Crippen molar-refractivity contribution in [1.82, 2.24) is 4.90 Å². The molecule has 0 saturated carbocycles. The van der Waals surface area contributed by atoms with Gasteiger partial charge >= 0.3 is 0 Å². The number of hydrogen-bond donors (Lipinski definition) is 1. The maximum Gasteiger partial charge on any atom is 0.248 e. The lowest BCUT2D eigenvalue weighted by molar-refractivity contribution is -0.140. The van der Waals surface area contributed by atoms with Crippen LogP contribution in [0.25, 0.3) is 0 Å². The Morgan fingerprint density at radius 2 is 2.43 bits per heavy atom. The van der Waals surface area contributed by atoms with Crippen molar-refractivity contribution in [2.24, 2.45) is 0 Å². The molecular weight excluding hydrogens is 304 g/mol. The van der Waals surface area contributed by atoms with Gasteiger partial charge < -0.3 is 13.1 Å². The summed E-state index contributed by atoms with van der Waals surface area (Å²) in [6.45, 7) is 1.27. The molecule has 0 bridgehead atoms. The van der Waals surface area contributed by atoms with E-state index < -0.39 is 24.8 Å². The minimum absolute atomic E-state index is 0.00816. The minimum Gasteiger partial charge on any atom is -0.387 e. The summed E-state index contributed by atoms with van der Waals surface area (Å²) in [5.74, 6) is -0.424. The summed E-state index contributed by atoms with van der Waals surface area (Å²) in [6, 6.07) is -0.0820. The van der Waals surface area contributed by atoms with Gasteiger partial charge in [0.1, 0.15) is 41.9 Å². The zero-order valence-corrected chi connectivity index (χ0v) is 9.98. The lowest BCUT2D eigenvalue weighted by Gasteiger charge is -2.38. The van der Waals surface area contributed by atoms with E-state index in [9.17, 15) is 9.18 Å². The highest BCUT2D eigenvalue weighted by atomic mass is 127. The first kappa shape index (κ1) is 12.1. The molecule has 1 saturated heterocycles. The standard InChI is InChI=1S/C8H13FINO3/c1-5-2-7(14-10)6(9)3-11(5)8(13)4-12/h5-7,12H,2-4H2,1H3/t5-,6+,7-/m0/s1. The van der Waals surface area contributed by atoms with Crippen LogP contribution < -0.4 is 0 Å². The molecule has 0 aromatic heterocycles. The number of halogens is 2. The highest BCUT2D eigenvalue weighted by Gasteiger charge is 2.36. The van der Waals surface area contributed by atoms with Crippen LogP contribution in [0.3, 0.4) is 0 Å². The molecule has 0 aromatic rings. The summed E-state index contributed by atoms with van der Waals surface area (Å²) in [5, 5.41) is 8.67. The van der Waals surface area contributed by atoms with E-state index in [-0.39, 0.29) is 12.6 Å². The quantitative estimate of drug-likeness (QED) is 0.762. The van der Waals surface area contributed by atoms with Gasteiger partial charge in [-0.2, -0.15) is 0 Å². The number of aliphatic hydroxyl groups is 1. The van der Waals surface area contributed by atoms with Crippen LogP contribution >= 0.6 is 23.0 Å². The first-order valence-electron chi connectivity index (χ1n) is 4.42. The lowest BCUT2D eigenvalue weighted by atomic mass is 9.99. The Morgan fingerprint density at radius 3 is 2.93 bits per heavy atom. The third-order valence-electron chi connectivity index (χ3n) is 2.45. The molecule has 1 N–H and O–H groups in total. The van der Waals surface area contributed by atoms with Gasteiger partial charge in [-0.15, -0.1) is 0 Å². The monoisotopic (exact) mass is 317 g/mol. The average molecular weight is 317 g/mol. The van der Waals surface area contributed by atoms with Gasteiger partial charge in [0.2, 0.25) is 5.91 Å². The second-order valence-electron chi connectivity index (χ2n) is 3.43. The molecule has 4 nitrogen and oxygen atoms in total. The molecule has 0 unspecified atom stereocenters. The van der Waals surface area contributed by atoms with Crippen molar-refractivity contribution < 1.29 is 17.4 Å². The van der Waals surface area contributed by atoms with Gasteiger partial charge in [0.25, 0.3) is 0 Å². The molecule has 0 aromatic carbocycles. The minimum atomic E-state index is -1.17. The smallest absolute Gasteiger partial charge is 0.248 e. The van der Waals surface area contributed by atoms with Crippen LogP contribution in [0.1, 0.15) is 13.3 Å². The van der Waals surface area contributed by atoms with Gasteiger partial charge in [-0.25, -0.2) is 4.39 Å². The number of piperidine rings is 1. The summed E-state index contributed by atoms with van der Waals surface area (Å²) in [7, 11) is 0. The Labute approximate surface area is 96.1 Å². The van der Waals surface area contributed by atoms with E-state index in [1.807, 2.05) is 6.92 Å². The van der Waals surface area contributed by atoms with Crippen LogP contribution in [-0.4, -0.2) is 47.4 Å². The number of rotatable bonds is 2. The number of aliphatic hydroxyl groups excluding tert-OH is 1. The van der Waals surface area contributed by atoms with E-state index >= 15 is 0 Å². The fraction of sp³-hybridized carbons (Fsp3) is 0.875. The van der Waals surface area contributed by atoms with Gasteiger partial charge in [-0.3, -0.25) is 4.79 Å². The Bertz CT molecular complexity index is 217. The lowest BCUT2D eigenvalue weighted by Crippen LogP contribution is -2.52. The summed E-state index contributed by atoms with van der Waals surface area (Å²) in [4.78, 5) is 12.5. The van der Waals surface area contributed by atoms with Crippen LogP contribution in [-0.2, 0) is 7.86 Å². The molecule has 6 heteroatoms. The molecule has 3 atom stereocenters. The number of amides is 1. The normalized spacial score (nSPS) is 33.1. The SMILES string of the molecule is C[C@H]1C[C@H](OI)[C@H](F)CN1C(=O)CO. The molecule has 14 heavy (non-hydrogen) atoms. The van der Waals surface area contributed by atoms with E-state index in [1.54, 1.807) is 23.0 Å². The Morgan fingerprint density at radius 1 is 1.79 bits per heavy atom. The molecule has 0 aliphatic carbocycles. The average Bonchev–Trinajstić information content (AvgIpc) is 2.19. The third kappa shape index (κ3) is 2.54. The molecule has 0 spiro atoms. The van der Waals surface area contributed by atoms with Gasteiger partial charge in [0, 0.05) is 6.04 Å². The van der Waals surface area contributed by atoms with Crippen LogP contribution in [0.2, 0.25) is 0 Å². The zero-order chi connectivity index (χ0) is 10.7. The van der Waals surface area contributed by atoms with E-state index in [0.717, 1.165) is 0 Å². The molecule has 1 fully saturated rings. The van der Waals surface area contributed by atoms with Crippen molar-refractivity contribution in [2.45, 2.75) is 31.7 Å². The predicted molar refractivity (Wildman–Crippen MR) is 56.7 cm³/mol. The van der Waals surface area contributed by atoms with Crippen molar-refractivity contribution in [3.05, 3.63) is 0 Å². The summed E-state index contributed by atoms with van der Waals surface area (Å²) in [5.41, 5.74) is 0. The number of hydrogen-bond acceptors (Lipinski definition) is 3. The van der Waals surface area contributed by atoms with Crippen molar-refractivity contribution in [2.75, 3.05) is 13.2 Å². The highest BCUT2D eigenvalue weighted by molar-refractivity contribution is 14.1. The van der Waals surface area contributed by atoms with Gasteiger partial charge in [0.05, 0.1) is 6.54 Å². The molecule has 1 aliphatic rings. The molecule has 82 valence electrons. The molecule has 1 aliphatic heterocycles. The fourth-order valence-electron chi connectivity index (χ4n) is 1.63. The molecule has 1 amide bonds. The van der Waals surface area contributed by atoms with Crippen LogP contribution in [0.4, 0.5) is 4.39 Å². The predicted octanol–water partition coefficient (Wildman–Crippen LogP) is 0.673. The largest absolute Gasteiger partial charge is 0.387 e. The Kier molecular flexibility index (Phi) is 4.52. The van der Waals surface area contributed by atoms with Crippen LogP contribution in [0.15, 0.2) is 0 Å². The van der Waals surface area contributed by atoms with E-state index in [2.05, 4.69) is 0 Å². The number of carbonyl (C=O) groups is 1. The van der Waals surface area contributed by atoms with Crippen molar-refractivity contribution >= 4 is 28.9 Å². The summed E-state index contributed by atoms with van der Waals surface area (Å²) >= 11 is 1.67. The van der Waals surface area contributed by atoms with Crippen LogP contribution in [0.5, 0.6) is 0 Å². The molecule has 0 radical (unpaired) electrons. The zero-order valence-electron chi connectivity index (χ0n) is 7.82. The number of carbonyl (C=O) groups excluding carboxylic acids is 1. The third-order valence-corrected chi connectivity index (χ3v) is 3.10. The van der Waals surface area contributed by atoms with Crippen LogP contribution in [0, 0.1) is 0 Å². The van der Waals surface area contributed by atoms with Gasteiger partial charge in [0.15, 0.2) is 0 Å². The number of alkyl halides is 1. The van der Waals surface area contributed by atoms with Crippen molar-refractivity contribution in [3.8, 4) is 0 Å². The summed E-state index contributed by atoms with van der Waals surface area (Å²) < 4.78 is 18.3. The second-order valence-corrected chi connectivity index (χ2v) is 3.94. The molecular formula is C8H13FINO3. The maximum atomic E-state index is 13.4. The first-order valence-corrected chi connectivity index (χ1v) is 5.30. The highest BCUT2D eigenvalue weighted by Crippen LogP contribution is 2.23. The first-order chi connectivity index (χ1) is 6.60. The van der Waals surface area contributed by atoms with Crippen molar-refractivity contribution in [3.63, 3.8) is 0 Å². The second kappa shape index (κ2) is 5.22. The maximum absolute atomic E-state index is 13.4. The molecule has 1 rings (SSSR count). The topological polar surface area (TPSA) is 49.8 Å². The Hall–Kier alpha value is 0.0500. The number of likely N-dealkylation sites (tertiary alicyclic amines) is 1.